The molecule has 0 aromatic heterocycles. The molecule has 0 atom stereocenters. The molecule has 0 saturated heterocycles. The quantitative estimate of drug-likeness (QED) is 0.333. The molecule has 0 unspecified atom stereocenters. The van der Waals surface area contributed by atoms with Crippen LogP contribution in [0.1, 0.15) is 39.0 Å². The summed E-state index contributed by atoms with van der Waals surface area (Å²) in [5.41, 5.74) is 0.553. The lowest BCUT2D eigenvalue weighted by atomic mass is 10.3. The Balaban J connectivity index is 2.22. The Morgan fingerprint density at radius 1 is 1.04 bits per heavy atom. The largest absolute Gasteiger partial charge is 0.497 e. The van der Waals surface area contributed by atoms with Crippen molar-refractivity contribution in [3.63, 3.8) is 0 Å². The van der Waals surface area contributed by atoms with E-state index in [0.717, 1.165) is 19.4 Å². The van der Waals surface area contributed by atoms with Gasteiger partial charge in [-0.05, 0) is 37.1 Å². The van der Waals surface area contributed by atoms with E-state index in [1.165, 1.54) is 11.9 Å². The van der Waals surface area contributed by atoms with Gasteiger partial charge in [-0.1, -0.05) is 13.3 Å². The zero-order valence-corrected chi connectivity index (χ0v) is 16.9. The molecule has 0 bridgehead atoms. The monoisotopic (exact) mass is 394 g/mol. The Kier molecular flexibility index (Phi) is 11.3. The van der Waals surface area contributed by atoms with Crippen molar-refractivity contribution in [2.75, 3.05) is 38.8 Å². The predicted octanol–water partition coefficient (Wildman–Crippen LogP) is 2.90. The van der Waals surface area contributed by atoms with Crippen LogP contribution in [0.2, 0.25) is 0 Å². The second-order valence-electron chi connectivity index (χ2n) is 6.17. The number of ether oxygens (including phenoxy) is 3. The highest BCUT2D eigenvalue weighted by Gasteiger charge is 2.17. The Labute approximate surface area is 166 Å². The normalized spacial score (nSPS) is 10.2. The lowest BCUT2D eigenvalue weighted by Crippen LogP contribution is -2.30. The summed E-state index contributed by atoms with van der Waals surface area (Å²) in [6, 6.07) is 6.73. The third kappa shape index (κ3) is 9.36. The molecule has 0 heterocycles. The molecule has 0 fully saturated rings. The second-order valence-corrected chi connectivity index (χ2v) is 6.17. The minimum Gasteiger partial charge on any atom is -0.497 e. The van der Waals surface area contributed by atoms with Gasteiger partial charge in [0.05, 0.1) is 13.5 Å². The van der Waals surface area contributed by atoms with Gasteiger partial charge in [-0.3, -0.25) is 14.5 Å². The van der Waals surface area contributed by atoms with Gasteiger partial charge in [-0.2, -0.15) is 0 Å². The van der Waals surface area contributed by atoms with E-state index in [-0.39, 0.29) is 18.7 Å². The summed E-state index contributed by atoms with van der Waals surface area (Å²) in [6.45, 7) is 3.90. The first-order valence-corrected chi connectivity index (χ1v) is 9.44. The smallest absolute Gasteiger partial charge is 0.421 e. The van der Waals surface area contributed by atoms with Gasteiger partial charge in [0.2, 0.25) is 5.91 Å². The number of unbranched alkanes of at least 4 members (excludes halogenated alkanes) is 1. The number of amides is 2. The number of hydrogen-bond acceptors (Lipinski definition) is 6. The van der Waals surface area contributed by atoms with E-state index in [9.17, 15) is 14.4 Å². The first-order chi connectivity index (χ1) is 13.5. The number of nitrogens with zero attached hydrogens (tertiary/aromatic N) is 1. The Bertz CT molecular complexity index is 618. The van der Waals surface area contributed by atoms with Crippen LogP contribution >= 0.6 is 0 Å². The highest BCUT2D eigenvalue weighted by Crippen LogP contribution is 2.18. The van der Waals surface area contributed by atoms with Crippen molar-refractivity contribution >= 4 is 23.7 Å². The summed E-state index contributed by atoms with van der Waals surface area (Å²) in [5, 5.41) is 2.71. The number of methoxy groups -OCH3 is 1. The number of nitrogens with one attached hydrogen (secondary N) is 1. The number of carbonyl (C=O) groups excluding carboxylic acids is 3. The Morgan fingerprint density at radius 3 is 2.36 bits per heavy atom. The molecule has 0 radical (unpaired) electrons. The van der Waals surface area contributed by atoms with Crippen molar-refractivity contribution in [2.45, 2.75) is 39.0 Å². The maximum absolute atomic E-state index is 12.0. The third-order valence-electron chi connectivity index (χ3n) is 3.92. The lowest BCUT2D eigenvalue weighted by Gasteiger charge is -2.16. The van der Waals surface area contributed by atoms with Gasteiger partial charge in [0, 0.05) is 38.9 Å². The van der Waals surface area contributed by atoms with Gasteiger partial charge in [0.1, 0.15) is 5.75 Å². The molecule has 0 spiro atoms. The molecule has 1 N–H and O–H groups in total. The maximum Gasteiger partial charge on any atom is 0.421 e. The standard InChI is InChI=1S/C20H30N2O6/c1-4-5-14-27-15-6-13-21-18(23)11-12-19(24)28-20(25)22(2)16-7-9-17(26-3)10-8-16/h7-10H,4-6,11-15H2,1-3H3,(H,21,23). The molecular weight excluding hydrogens is 364 g/mol. The summed E-state index contributed by atoms with van der Waals surface area (Å²) in [4.78, 5) is 36.7. The highest BCUT2D eigenvalue weighted by molar-refractivity contribution is 5.95. The van der Waals surface area contributed by atoms with Gasteiger partial charge in [0.15, 0.2) is 0 Å². The van der Waals surface area contributed by atoms with Gasteiger partial charge < -0.3 is 19.5 Å². The number of esters is 1. The molecule has 156 valence electrons. The molecule has 1 aromatic carbocycles. The number of rotatable bonds is 12. The van der Waals surface area contributed by atoms with E-state index in [2.05, 4.69) is 12.2 Å². The fourth-order valence-corrected chi connectivity index (χ4v) is 2.18. The van der Waals surface area contributed by atoms with Crippen LogP contribution in [0.5, 0.6) is 5.75 Å². The van der Waals surface area contributed by atoms with E-state index in [4.69, 9.17) is 14.2 Å². The number of benzene rings is 1. The summed E-state index contributed by atoms with van der Waals surface area (Å²) in [6.07, 6.45) is 1.83. The molecule has 1 aromatic rings. The van der Waals surface area contributed by atoms with Crippen molar-refractivity contribution < 1.29 is 28.6 Å². The van der Waals surface area contributed by atoms with Crippen LogP contribution in [0.3, 0.4) is 0 Å². The molecular formula is C20H30N2O6. The van der Waals surface area contributed by atoms with E-state index in [1.807, 2.05) is 0 Å². The predicted molar refractivity (Wildman–Crippen MR) is 105 cm³/mol. The van der Waals surface area contributed by atoms with Crippen LogP contribution in [0.25, 0.3) is 0 Å². The molecule has 0 aliphatic carbocycles. The number of anilines is 1. The molecule has 8 nitrogen and oxygen atoms in total. The molecule has 0 saturated carbocycles. The fraction of sp³-hybridized carbons (Fsp3) is 0.550. The first kappa shape index (κ1) is 23.4. The Hall–Kier alpha value is -2.61. The molecule has 1 rings (SSSR count). The van der Waals surface area contributed by atoms with Gasteiger partial charge in [0.25, 0.3) is 0 Å². The first-order valence-electron chi connectivity index (χ1n) is 9.44. The minimum absolute atomic E-state index is 0.0327. The highest BCUT2D eigenvalue weighted by atomic mass is 16.6. The SMILES string of the molecule is CCCCOCCCNC(=O)CCC(=O)OC(=O)N(C)c1ccc(OC)cc1. The van der Waals surface area contributed by atoms with E-state index in [0.29, 0.717) is 31.0 Å². The van der Waals surface area contributed by atoms with Crippen LogP contribution in [0.15, 0.2) is 24.3 Å². The van der Waals surface area contributed by atoms with Crippen LogP contribution in [0, 0.1) is 0 Å². The van der Waals surface area contributed by atoms with Crippen LogP contribution in [0.4, 0.5) is 10.5 Å². The zero-order chi connectivity index (χ0) is 20.8. The van der Waals surface area contributed by atoms with Crippen LogP contribution in [-0.2, 0) is 19.1 Å². The topological polar surface area (TPSA) is 94.2 Å². The summed E-state index contributed by atoms with van der Waals surface area (Å²) in [7, 11) is 3.04. The maximum atomic E-state index is 12.0. The van der Waals surface area contributed by atoms with Gasteiger partial charge in [-0.25, -0.2) is 4.79 Å². The molecule has 8 heteroatoms. The van der Waals surface area contributed by atoms with E-state index >= 15 is 0 Å². The zero-order valence-electron chi connectivity index (χ0n) is 16.9. The van der Waals surface area contributed by atoms with Gasteiger partial charge >= 0.3 is 12.1 Å². The molecule has 0 aliphatic rings. The summed E-state index contributed by atoms with van der Waals surface area (Å²) < 4.78 is 15.2. The van der Waals surface area contributed by atoms with Crippen molar-refractivity contribution in [1.29, 1.82) is 0 Å². The third-order valence-corrected chi connectivity index (χ3v) is 3.92. The van der Waals surface area contributed by atoms with E-state index < -0.39 is 12.1 Å². The average molecular weight is 394 g/mol. The molecule has 2 amide bonds. The average Bonchev–Trinajstić information content (AvgIpc) is 2.71. The Morgan fingerprint density at radius 2 is 1.71 bits per heavy atom. The van der Waals surface area contributed by atoms with Crippen molar-refractivity contribution in [1.82, 2.24) is 5.32 Å². The van der Waals surface area contributed by atoms with Crippen LogP contribution < -0.4 is 15.0 Å². The minimum atomic E-state index is -0.806. The van der Waals surface area contributed by atoms with Crippen molar-refractivity contribution in [2.24, 2.45) is 0 Å². The summed E-state index contributed by atoms with van der Waals surface area (Å²) in [5.74, 6) is -0.356. The lowest BCUT2D eigenvalue weighted by molar-refractivity contribution is -0.138. The fourth-order valence-electron chi connectivity index (χ4n) is 2.18. The van der Waals surface area contributed by atoms with Crippen molar-refractivity contribution in [3.05, 3.63) is 24.3 Å². The van der Waals surface area contributed by atoms with Gasteiger partial charge in [-0.15, -0.1) is 0 Å². The number of carbonyl (C=O) groups is 3. The van der Waals surface area contributed by atoms with E-state index in [1.54, 1.807) is 31.4 Å². The summed E-state index contributed by atoms with van der Waals surface area (Å²) >= 11 is 0. The second kappa shape index (κ2) is 13.5. The van der Waals surface area contributed by atoms with Crippen LogP contribution in [-0.4, -0.2) is 51.9 Å². The van der Waals surface area contributed by atoms with Crippen molar-refractivity contribution in [3.8, 4) is 5.75 Å². The number of hydrogen-bond donors (Lipinski definition) is 1. The molecule has 0 aliphatic heterocycles. The molecule has 28 heavy (non-hydrogen) atoms.